The second kappa shape index (κ2) is 6.30. The highest BCUT2D eigenvalue weighted by molar-refractivity contribution is 6.01. The number of aliphatic hydroxyl groups excluding tert-OH is 1. The molecule has 4 nitrogen and oxygen atoms in total. The molecule has 4 heteroatoms. The van der Waals surface area contributed by atoms with Crippen LogP contribution in [-0.4, -0.2) is 29.6 Å². The Kier molecular flexibility index (Phi) is 4.48. The first-order valence-corrected chi connectivity index (χ1v) is 6.48. The van der Waals surface area contributed by atoms with Crippen LogP contribution in [0, 0.1) is 0 Å². The number of ether oxygens (including phenoxy) is 1. The Balaban J connectivity index is 2.13. The molecule has 0 unspecified atom stereocenters. The van der Waals surface area contributed by atoms with E-state index in [1.54, 1.807) is 19.1 Å². The highest BCUT2D eigenvalue weighted by Gasteiger charge is 2.20. The highest BCUT2D eigenvalue weighted by atomic mass is 16.5. The van der Waals surface area contributed by atoms with Crippen molar-refractivity contribution in [1.29, 1.82) is 0 Å². The van der Waals surface area contributed by atoms with E-state index in [0.29, 0.717) is 5.56 Å². The lowest BCUT2D eigenvalue weighted by Crippen LogP contribution is -2.26. The molecule has 0 saturated heterocycles. The van der Waals surface area contributed by atoms with Crippen molar-refractivity contribution in [3.63, 3.8) is 0 Å². The second-order valence-corrected chi connectivity index (χ2v) is 4.46. The van der Waals surface area contributed by atoms with Crippen LogP contribution in [0.3, 0.4) is 0 Å². The minimum absolute atomic E-state index is 0.181. The molecule has 1 atom stereocenters. The van der Waals surface area contributed by atoms with Gasteiger partial charge in [0.2, 0.25) is 0 Å². The van der Waals surface area contributed by atoms with Gasteiger partial charge in [-0.3, -0.25) is 4.79 Å². The summed E-state index contributed by atoms with van der Waals surface area (Å²) in [6.45, 7) is 1.83. The number of benzene rings is 2. The summed E-state index contributed by atoms with van der Waals surface area (Å²) in [6, 6.07) is 13.0. The number of hydrogen-bond acceptors (Lipinski definition) is 4. The molecule has 0 aromatic heterocycles. The molecule has 2 aromatic carbocycles. The second-order valence-electron chi connectivity index (χ2n) is 4.46. The van der Waals surface area contributed by atoms with Crippen LogP contribution in [0.15, 0.2) is 42.5 Å². The average molecular weight is 272 g/mol. The number of Topliss-reactive ketones (excluding diaryl/α,β-unsaturated/α-hetero) is 1. The zero-order chi connectivity index (χ0) is 14.5. The Morgan fingerprint density at radius 2 is 1.85 bits per heavy atom. The van der Waals surface area contributed by atoms with Gasteiger partial charge in [-0.05, 0) is 23.8 Å². The summed E-state index contributed by atoms with van der Waals surface area (Å²) < 4.78 is 4.67. The van der Waals surface area contributed by atoms with Crippen LogP contribution in [0.5, 0.6) is 0 Å². The molecule has 0 heterocycles. The van der Waals surface area contributed by atoms with Gasteiger partial charge in [0.15, 0.2) is 11.9 Å². The molecule has 2 aromatic rings. The Labute approximate surface area is 117 Å². The molecule has 0 spiro atoms. The van der Waals surface area contributed by atoms with Crippen LogP contribution in [0.25, 0.3) is 10.8 Å². The molecule has 0 fully saturated rings. The zero-order valence-corrected chi connectivity index (χ0v) is 11.2. The molecule has 1 N–H and O–H groups in total. The van der Waals surface area contributed by atoms with Crippen molar-refractivity contribution in [3.05, 3.63) is 48.0 Å². The molecule has 2 rings (SSSR count). The normalized spacial score (nSPS) is 12.1. The third kappa shape index (κ3) is 3.22. The van der Waals surface area contributed by atoms with Crippen LogP contribution >= 0.6 is 0 Å². The largest absolute Gasteiger partial charge is 0.464 e. The highest BCUT2D eigenvalue weighted by Crippen LogP contribution is 2.17. The minimum atomic E-state index is -1.41. The molecule has 0 aliphatic heterocycles. The molecule has 0 radical (unpaired) electrons. The van der Waals surface area contributed by atoms with Gasteiger partial charge in [-0.1, -0.05) is 36.4 Å². The van der Waals surface area contributed by atoms with Crippen molar-refractivity contribution >= 4 is 22.5 Å². The van der Waals surface area contributed by atoms with Crippen molar-refractivity contribution in [1.82, 2.24) is 0 Å². The SMILES string of the molecule is CCOC(=O)[C@@H](O)CC(=O)c1ccc2ccccc2c1. The molecular weight excluding hydrogens is 256 g/mol. The molecular formula is C16H16O4. The first-order chi connectivity index (χ1) is 9.61. The van der Waals surface area contributed by atoms with Crippen LogP contribution in [-0.2, 0) is 9.53 Å². The fourth-order valence-electron chi connectivity index (χ4n) is 1.98. The fraction of sp³-hybridized carbons (Fsp3) is 0.250. The predicted octanol–water partition coefficient (Wildman–Crippen LogP) is 2.34. The third-order valence-corrected chi connectivity index (χ3v) is 3.01. The molecule has 0 saturated carbocycles. The Hall–Kier alpha value is -2.20. The van der Waals surface area contributed by atoms with Crippen LogP contribution in [0.1, 0.15) is 23.7 Å². The summed E-state index contributed by atoms with van der Waals surface area (Å²) in [7, 11) is 0. The maximum atomic E-state index is 12.0. The molecule has 0 amide bonds. The average Bonchev–Trinajstić information content (AvgIpc) is 2.46. The molecule has 104 valence electrons. The molecule has 0 aliphatic carbocycles. The Morgan fingerprint density at radius 3 is 2.55 bits per heavy atom. The van der Waals surface area contributed by atoms with E-state index in [4.69, 9.17) is 0 Å². The third-order valence-electron chi connectivity index (χ3n) is 3.01. The minimum Gasteiger partial charge on any atom is -0.464 e. The van der Waals surface area contributed by atoms with Crippen LogP contribution in [0.4, 0.5) is 0 Å². The summed E-state index contributed by atoms with van der Waals surface area (Å²) in [5.74, 6) is -1.04. The van der Waals surface area contributed by atoms with E-state index in [9.17, 15) is 14.7 Å². The van der Waals surface area contributed by atoms with E-state index in [2.05, 4.69) is 4.74 Å². The number of carbonyl (C=O) groups is 2. The lowest BCUT2D eigenvalue weighted by Gasteiger charge is -2.09. The monoisotopic (exact) mass is 272 g/mol. The van der Waals surface area contributed by atoms with Crippen LogP contribution < -0.4 is 0 Å². The number of aliphatic hydroxyl groups is 1. The first kappa shape index (κ1) is 14.2. The van der Waals surface area contributed by atoms with Gasteiger partial charge in [-0.2, -0.15) is 0 Å². The summed E-state index contributed by atoms with van der Waals surface area (Å²) in [4.78, 5) is 23.3. The van der Waals surface area contributed by atoms with E-state index in [-0.39, 0.29) is 18.8 Å². The van der Waals surface area contributed by atoms with Gasteiger partial charge in [-0.25, -0.2) is 4.79 Å². The van der Waals surface area contributed by atoms with E-state index in [1.807, 2.05) is 30.3 Å². The number of carbonyl (C=O) groups excluding carboxylic acids is 2. The summed E-state index contributed by atoms with van der Waals surface area (Å²) in [6.07, 6.45) is -1.68. The number of fused-ring (bicyclic) bond motifs is 1. The van der Waals surface area contributed by atoms with Gasteiger partial charge < -0.3 is 9.84 Å². The van der Waals surface area contributed by atoms with Crippen molar-refractivity contribution in [3.8, 4) is 0 Å². The van der Waals surface area contributed by atoms with E-state index in [0.717, 1.165) is 10.8 Å². The number of rotatable bonds is 5. The molecule has 0 aliphatic rings. The smallest absolute Gasteiger partial charge is 0.335 e. The lowest BCUT2D eigenvalue weighted by molar-refractivity contribution is -0.152. The quantitative estimate of drug-likeness (QED) is 0.670. The van der Waals surface area contributed by atoms with Gasteiger partial charge in [-0.15, -0.1) is 0 Å². The van der Waals surface area contributed by atoms with Crippen molar-refractivity contribution in [2.75, 3.05) is 6.61 Å². The van der Waals surface area contributed by atoms with Gasteiger partial charge in [0, 0.05) is 12.0 Å². The summed E-state index contributed by atoms with van der Waals surface area (Å²) in [5.41, 5.74) is 0.479. The molecule has 0 bridgehead atoms. The van der Waals surface area contributed by atoms with Gasteiger partial charge in [0.05, 0.1) is 6.61 Å². The van der Waals surface area contributed by atoms with E-state index < -0.39 is 12.1 Å². The number of ketones is 1. The van der Waals surface area contributed by atoms with Crippen molar-refractivity contribution < 1.29 is 19.4 Å². The summed E-state index contributed by atoms with van der Waals surface area (Å²) in [5, 5.41) is 11.6. The zero-order valence-electron chi connectivity index (χ0n) is 11.2. The molecule has 20 heavy (non-hydrogen) atoms. The summed E-state index contributed by atoms with van der Waals surface area (Å²) >= 11 is 0. The van der Waals surface area contributed by atoms with Gasteiger partial charge >= 0.3 is 5.97 Å². The number of esters is 1. The van der Waals surface area contributed by atoms with Crippen molar-refractivity contribution in [2.24, 2.45) is 0 Å². The standard InChI is InChI=1S/C16H16O4/c1-2-20-16(19)15(18)10-14(17)13-8-7-11-5-3-4-6-12(11)9-13/h3-9,15,18H,2,10H2,1H3/t15-/m0/s1. The van der Waals surface area contributed by atoms with Crippen molar-refractivity contribution in [2.45, 2.75) is 19.4 Å². The maximum absolute atomic E-state index is 12.0. The predicted molar refractivity (Wildman–Crippen MR) is 75.5 cm³/mol. The Bertz CT molecular complexity index is 633. The van der Waals surface area contributed by atoms with Gasteiger partial charge in [0.1, 0.15) is 0 Å². The van der Waals surface area contributed by atoms with E-state index in [1.165, 1.54) is 0 Å². The fourth-order valence-corrected chi connectivity index (χ4v) is 1.98. The maximum Gasteiger partial charge on any atom is 0.335 e. The Morgan fingerprint density at radius 1 is 1.15 bits per heavy atom. The topological polar surface area (TPSA) is 63.6 Å². The number of hydrogen-bond donors (Lipinski definition) is 1. The van der Waals surface area contributed by atoms with E-state index >= 15 is 0 Å². The van der Waals surface area contributed by atoms with Crippen LogP contribution in [0.2, 0.25) is 0 Å². The first-order valence-electron chi connectivity index (χ1n) is 6.48. The van der Waals surface area contributed by atoms with Gasteiger partial charge in [0.25, 0.3) is 0 Å². The lowest BCUT2D eigenvalue weighted by atomic mass is 10.0.